The molecule has 0 aliphatic carbocycles. The van der Waals surface area contributed by atoms with E-state index < -0.39 is 6.10 Å². The first-order chi connectivity index (χ1) is 9.24. The van der Waals surface area contributed by atoms with E-state index >= 15 is 0 Å². The molecule has 19 heavy (non-hydrogen) atoms. The minimum absolute atomic E-state index is 0.0422. The van der Waals surface area contributed by atoms with Gasteiger partial charge in [0.15, 0.2) is 0 Å². The smallest absolute Gasteiger partial charge is 0.123 e. The normalized spacial score (nSPS) is 18.7. The third-order valence-corrected chi connectivity index (χ3v) is 3.54. The van der Waals surface area contributed by atoms with Crippen LogP contribution in [-0.2, 0) is 6.42 Å². The Kier molecular flexibility index (Phi) is 3.22. The molecule has 1 aliphatic rings. The number of fused-ring (bicyclic) bond motifs is 1. The van der Waals surface area contributed by atoms with Crippen molar-refractivity contribution < 1.29 is 14.2 Å². The molecule has 3 rings (SSSR count). The number of halogens is 1. The quantitative estimate of drug-likeness (QED) is 0.917. The first kappa shape index (κ1) is 12.2. The maximum atomic E-state index is 13.1. The second-order valence-corrected chi connectivity index (χ2v) is 4.86. The zero-order chi connectivity index (χ0) is 13.2. The third kappa shape index (κ3) is 2.47. The fourth-order valence-corrected chi connectivity index (χ4v) is 2.55. The second-order valence-electron chi connectivity index (χ2n) is 4.86. The van der Waals surface area contributed by atoms with E-state index in [1.807, 2.05) is 30.3 Å². The maximum absolute atomic E-state index is 13.1. The predicted molar refractivity (Wildman–Crippen MR) is 70.8 cm³/mol. The zero-order valence-corrected chi connectivity index (χ0v) is 10.4. The number of hydrogen-bond donors (Lipinski definition) is 1. The monoisotopic (exact) mass is 258 g/mol. The van der Waals surface area contributed by atoms with Crippen LogP contribution in [0.1, 0.15) is 17.0 Å². The van der Waals surface area contributed by atoms with E-state index in [1.54, 1.807) is 6.07 Å². The third-order valence-electron chi connectivity index (χ3n) is 3.54. The molecule has 3 heteroatoms. The van der Waals surface area contributed by atoms with Gasteiger partial charge < -0.3 is 9.84 Å². The van der Waals surface area contributed by atoms with Gasteiger partial charge in [0.05, 0.1) is 12.7 Å². The maximum Gasteiger partial charge on any atom is 0.123 e. The molecular weight excluding hydrogens is 243 g/mol. The molecule has 2 nitrogen and oxygen atoms in total. The van der Waals surface area contributed by atoms with Crippen LogP contribution in [-0.4, -0.2) is 17.8 Å². The summed E-state index contributed by atoms with van der Waals surface area (Å²) in [7, 11) is 0. The highest BCUT2D eigenvalue weighted by atomic mass is 19.1. The molecule has 0 aromatic heterocycles. The molecule has 98 valence electrons. The Balaban J connectivity index is 1.77. The lowest BCUT2D eigenvalue weighted by molar-refractivity contribution is 0.129. The summed E-state index contributed by atoms with van der Waals surface area (Å²) in [4.78, 5) is 0. The van der Waals surface area contributed by atoms with Crippen LogP contribution in [0.5, 0.6) is 5.75 Å². The van der Waals surface area contributed by atoms with E-state index in [0.29, 0.717) is 13.0 Å². The fourth-order valence-electron chi connectivity index (χ4n) is 2.55. The van der Waals surface area contributed by atoms with Gasteiger partial charge in [0.2, 0.25) is 0 Å². The number of rotatable bonds is 3. The van der Waals surface area contributed by atoms with Gasteiger partial charge in [0.1, 0.15) is 11.6 Å². The number of aliphatic hydroxyl groups excluding tert-OH is 1. The zero-order valence-electron chi connectivity index (χ0n) is 10.4. The molecule has 0 spiro atoms. The first-order valence-corrected chi connectivity index (χ1v) is 6.38. The van der Waals surface area contributed by atoms with Gasteiger partial charge in [-0.05, 0) is 30.2 Å². The topological polar surface area (TPSA) is 29.5 Å². The molecule has 1 aliphatic heterocycles. The van der Waals surface area contributed by atoms with Crippen LogP contribution in [0.3, 0.4) is 0 Å². The average molecular weight is 258 g/mol. The lowest BCUT2D eigenvalue weighted by atomic mass is 9.91. The van der Waals surface area contributed by atoms with Gasteiger partial charge in [-0.2, -0.15) is 0 Å². The summed E-state index contributed by atoms with van der Waals surface area (Å²) in [5.74, 6) is 0.526. The Morgan fingerprint density at radius 1 is 1.21 bits per heavy atom. The van der Waals surface area contributed by atoms with Crippen molar-refractivity contribution in [1.82, 2.24) is 0 Å². The summed E-state index contributed by atoms with van der Waals surface area (Å²) in [6, 6.07) is 14.1. The molecule has 1 heterocycles. The number of benzene rings is 2. The Morgan fingerprint density at radius 3 is 2.89 bits per heavy atom. The summed E-state index contributed by atoms with van der Waals surface area (Å²) in [5, 5.41) is 10.3. The van der Waals surface area contributed by atoms with E-state index in [4.69, 9.17) is 4.74 Å². The standard InChI is InChI=1S/C16H15FO2/c17-12-5-3-4-11(8-12)9-15(18)14-10-19-16-7-2-1-6-13(14)16/h1-8,14-15,18H,9-10H2. The van der Waals surface area contributed by atoms with Crippen LogP contribution in [0.4, 0.5) is 4.39 Å². The van der Waals surface area contributed by atoms with Crippen LogP contribution in [0.15, 0.2) is 48.5 Å². The number of aliphatic hydroxyl groups is 1. The first-order valence-electron chi connectivity index (χ1n) is 6.38. The van der Waals surface area contributed by atoms with Crippen molar-refractivity contribution in [3.63, 3.8) is 0 Å². The summed E-state index contributed by atoms with van der Waals surface area (Å²) in [6.45, 7) is 0.482. The van der Waals surface area contributed by atoms with Gasteiger partial charge in [-0.15, -0.1) is 0 Å². The molecule has 2 atom stereocenters. The summed E-state index contributed by atoms with van der Waals surface area (Å²) >= 11 is 0. The number of ether oxygens (including phenoxy) is 1. The molecule has 2 aromatic carbocycles. The summed E-state index contributed by atoms with van der Waals surface area (Å²) in [6.07, 6.45) is -0.134. The molecular formula is C16H15FO2. The highest BCUT2D eigenvalue weighted by Gasteiger charge is 2.29. The Morgan fingerprint density at radius 2 is 2.05 bits per heavy atom. The molecule has 0 saturated heterocycles. The van der Waals surface area contributed by atoms with Gasteiger partial charge in [0.25, 0.3) is 0 Å². The molecule has 0 radical (unpaired) electrons. The van der Waals surface area contributed by atoms with Crippen molar-refractivity contribution in [2.45, 2.75) is 18.4 Å². The van der Waals surface area contributed by atoms with Gasteiger partial charge in [-0.3, -0.25) is 0 Å². The predicted octanol–water partition coefficient (Wildman–Crippen LogP) is 2.91. The lowest BCUT2D eigenvalue weighted by Gasteiger charge is -2.17. The minimum atomic E-state index is -0.564. The second kappa shape index (κ2) is 5.02. The SMILES string of the molecule is OC(Cc1cccc(F)c1)C1COc2ccccc21. The van der Waals surface area contributed by atoms with E-state index in [0.717, 1.165) is 16.9 Å². The van der Waals surface area contributed by atoms with Gasteiger partial charge in [0, 0.05) is 11.5 Å². The van der Waals surface area contributed by atoms with Crippen molar-refractivity contribution in [2.24, 2.45) is 0 Å². The lowest BCUT2D eigenvalue weighted by Crippen LogP contribution is -2.22. The van der Waals surface area contributed by atoms with Gasteiger partial charge >= 0.3 is 0 Å². The largest absolute Gasteiger partial charge is 0.493 e. The van der Waals surface area contributed by atoms with E-state index in [2.05, 4.69) is 0 Å². The van der Waals surface area contributed by atoms with E-state index in [1.165, 1.54) is 12.1 Å². The summed E-state index contributed by atoms with van der Waals surface area (Å²) < 4.78 is 18.7. The van der Waals surface area contributed by atoms with E-state index in [-0.39, 0.29) is 11.7 Å². The number of para-hydroxylation sites is 1. The summed E-state index contributed by atoms with van der Waals surface area (Å²) in [5.41, 5.74) is 1.84. The molecule has 0 saturated carbocycles. The highest BCUT2D eigenvalue weighted by Crippen LogP contribution is 2.36. The Hall–Kier alpha value is -1.87. The molecule has 2 aromatic rings. The molecule has 0 fully saturated rings. The van der Waals surface area contributed by atoms with Gasteiger partial charge in [-0.1, -0.05) is 30.3 Å². The van der Waals surface area contributed by atoms with Crippen LogP contribution >= 0.6 is 0 Å². The van der Waals surface area contributed by atoms with Crippen molar-refractivity contribution in [3.05, 3.63) is 65.5 Å². The van der Waals surface area contributed by atoms with Crippen LogP contribution in [0.25, 0.3) is 0 Å². The molecule has 1 N–H and O–H groups in total. The van der Waals surface area contributed by atoms with Crippen molar-refractivity contribution >= 4 is 0 Å². The van der Waals surface area contributed by atoms with Crippen molar-refractivity contribution in [1.29, 1.82) is 0 Å². The minimum Gasteiger partial charge on any atom is -0.493 e. The van der Waals surface area contributed by atoms with E-state index in [9.17, 15) is 9.50 Å². The Bertz CT molecular complexity index is 582. The Labute approximate surface area is 111 Å². The molecule has 0 bridgehead atoms. The van der Waals surface area contributed by atoms with Crippen molar-refractivity contribution in [2.75, 3.05) is 6.61 Å². The van der Waals surface area contributed by atoms with Crippen molar-refractivity contribution in [3.8, 4) is 5.75 Å². The molecule has 0 amide bonds. The van der Waals surface area contributed by atoms with Crippen LogP contribution in [0.2, 0.25) is 0 Å². The number of hydrogen-bond acceptors (Lipinski definition) is 2. The van der Waals surface area contributed by atoms with Crippen LogP contribution < -0.4 is 4.74 Å². The van der Waals surface area contributed by atoms with Crippen LogP contribution in [0, 0.1) is 5.82 Å². The fraction of sp³-hybridized carbons (Fsp3) is 0.250. The highest BCUT2D eigenvalue weighted by molar-refractivity contribution is 5.40. The van der Waals surface area contributed by atoms with Gasteiger partial charge in [-0.25, -0.2) is 4.39 Å². The molecule has 2 unspecified atom stereocenters. The average Bonchev–Trinajstić information content (AvgIpc) is 2.82.